The fourth-order valence-electron chi connectivity index (χ4n) is 2.04. The molecule has 0 bridgehead atoms. The molecule has 1 fully saturated rings. The zero-order chi connectivity index (χ0) is 9.10. The molecular formula is C10H15BrN2. The van der Waals surface area contributed by atoms with E-state index in [0.717, 1.165) is 4.60 Å². The van der Waals surface area contributed by atoms with Crippen LogP contribution >= 0.6 is 15.9 Å². The standard InChI is InChI=1S/C10H15BrN2/c11-10-7-8-13(12-10)9-5-3-1-2-4-6-9/h7-9H,1-6H2. The van der Waals surface area contributed by atoms with E-state index in [0.29, 0.717) is 6.04 Å². The molecule has 0 amide bonds. The summed E-state index contributed by atoms with van der Waals surface area (Å²) in [6.07, 6.45) is 10.2. The molecule has 2 nitrogen and oxygen atoms in total. The summed E-state index contributed by atoms with van der Waals surface area (Å²) in [5.41, 5.74) is 0. The molecule has 1 aromatic heterocycles. The van der Waals surface area contributed by atoms with Gasteiger partial charge in [0, 0.05) is 6.20 Å². The maximum Gasteiger partial charge on any atom is 0.128 e. The topological polar surface area (TPSA) is 17.8 Å². The second kappa shape index (κ2) is 4.27. The van der Waals surface area contributed by atoms with E-state index in [2.05, 4.69) is 31.9 Å². The van der Waals surface area contributed by atoms with Gasteiger partial charge in [-0.15, -0.1) is 0 Å². The molecule has 1 saturated carbocycles. The molecule has 72 valence electrons. The Balaban J connectivity index is 2.06. The minimum atomic E-state index is 0.647. The predicted molar refractivity (Wildman–Crippen MR) is 56.7 cm³/mol. The first-order chi connectivity index (χ1) is 6.36. The molecular weight excluding hydrogens is 228 g/mol. The van der Waals surface area contributed by atoms with Gasteiger partial charge in [0.05, 0.1) is 6.04 Å². The summed E-state index contributed by atoms with van der Waals surface area (Å²) in [7, 11) is 0. The van der Waals surface area contributed by atoms with Gasteiger partial charge in [-0.2, -0.15) is 5.10 Å². The van der Waals surface area contributed by atoms with Crippen molar-refractivity contribution in [3.63, 3.8) is 0 Å². The van der Waals surface area contributed by atoms with Crippen molar-refractivity contribution in [2.24, 2.45) is 0 Å². The Morgan fingerprint density at radius 1 is 1.23 bits per heavy atom. The molecule has 0 N–H and O–H groups in total. The number of hydrogen-bond acceptors (Lipinski definition) is 1. The molecule has 0 spiro atoms. The summed E-state index contributed by atoms with van der Waals surface area (Å²) >= 11 is 3.39. The van der Waals surface area contributed by atoms with Crippen LogP contribution in [0.1, 0.15) is 44.6 Å². The lowest BCUT2D eigenvalue weighted by molar-refractivity contribution is 0.404. The highest BCUT2D eigenvalue weighted by Gasteiger charge is 2.14. The zero-order valence-corrected chi connectivity index (χ0v) is 9.33. The molecule has 13 heavy (non-hydrogen) atoms. The Kier molecular flexibility index (Phi) is 3.04. The van der Waals surface area contributed by atoms with E-state index in [1.807, 2.05) is 6.07 Å². The van der Waals surface area contributed by atoms with E-state index in [1.165, 1.54) is 38.5 Å². The van der Waals surface area contributed by atoms with Crippen molar-refractivity contribution in [2.45, 2.75) is 44.6 Å². The fraction of sp³-hybridized carbons (Fsp3) is 0.700. The Hall–Kier alpha value is -0.310. The molecule has 0 radical (unpaired) electrons. The van der Waals surface area contributed by atoms with E-state index in [4.69, 9.17) is 0 Å². The minimum Gasteiger partial charge on any atom is -0.269 e. The van der Waals surface area contributed by atoms with E-state index >= 15 is 0 Å². The molecule has 1 heterocycles. The van der Waals surface area contributed by atoms with Gasteiger partial charge < -0.3 is 0 Å². The van der Waals surface area contributed by atoms with Crippen LogP contribution in [-0.4, -0.2) is 9.78 Å². The summed E-state index contributed by atoms with van der Waals surface area (Å²) in [6.45, 7) is 0. The first-order valence-corrected chi connectivity index (χ1v) is 5.86. The van der Waals surface area contributed by atoms with Gasteiger partial charge in [-0.25, -0.2) is 0 Å². The third-order valence-corrected chi connectivity index (χ3v) is 3.20. The zero-order valence-electron chi connectivity index (χ0n) is 7.75. The SMILES string of the molecule is Brc1ccn(C2CCCCCC2)n1. The van der Waals surface area contributed by atoms with Gasteiger partial charge in [-0.3, -0.25) is 4.68 Å². The van der Waals surface area contributed by atoms with Crippen molar-refractivity contribution >= 4 is 15.9 Å². The van der Waals surface area contributed by atoms with Crippen LogP contribution < -0.4 is 0 Å². The second-order valence-electron chi connectivity index (χ2n) is 3.76. The average Bonchev–Trinajstić information content (AvgIpc) is 2.43. The smallest absolute Gasteiger partial charge is 0.128 e. The number of halogens is 1. The number of hydrogen-bond donors (Lipinski definition) is 0. The van der Waals surface area contributed by atoms with Crippen LogP contribution in [0, 0.1) is 0 Å². The molecule has 0 saturated heterocycles. The third-order valence-electron chi connectivity index (χ3n) is 2.77. The van der Waals surface area contributed by atoms with Crippen LogP contribution in [0.5, 0.6) is 0 Å². The van der Waals surface area contributed by atoms with E-state index in [-0.39, 0.29) is 0 Å². The van der Waals surface area contributed by atoms with Gasteiger partial charge in [-0.1, -0.05) is 25.7 Å². The largest absolute Gasteiger partial charge is 0.269 e. The molecule has 0 aromatic carbocycles. The molecule has 1 aromatic rings. The number of nitrogens with zero attached hydrogens (tertiary/aromatic N) is 2. The van der Waals surface area contributed by atoms with Gasteiger partial charge in [0.25, 0.3) is 0 Å². The van der Waals surface area contributed by atoms with Crippen LogP contribution in [-0.2, 0) is 0 Å². The predicted octanol–water partition coefficient (Wildman–Crippen LogP) is 3.54. The van der Waals surface area contributed by atoms with Crippen LogP contribution in [0.15, 0.2) is 16.9 Å². The molecule has 1 aliphatic rings. The lowest BCUT2D eigenvalue weighted by atomic mass is 10.1. The van der Waals surface area contributed by atoms with Crippen molar-refractivity contribution in [2.75, 3.05) is 0 Å². The molecule has 0 atom stereocenters. The Bertz CT molecular complexity index is 262. The van der Waals surface area contributed by atoms with Gasteiger partial charge in [0.15, 0.2) is 0 Å². The Morgan fingerprint density at radius 3 is 2.46 bits per heavy atom. The molecule has 0 aliphatic heterocycles. The monoisotopic (exact) mass is 242 g/mol. The van der Waals surface area contributed by atoms with Crippen molar-refractivity contribution in [1.29, 1.82) is 0 Å². The van der Waals surface area contributed by atoms with Crippen LogP contribution in [0.2, 0.25) is 0 Å². The Morgan fingerprint density at radius 2 is 1.92 bits per heavy atom. The van der Waals surface area contributed by atoms with Gasteiger partial charge >= 0.3 is 0 Å². The summed E-state index contributed by atoms with van der Waals surface area (Å²) in [5.74, 6) is 0. The molecule has 3 heteroatoms. The van der Waals surface area contributed by atoms with Gasteiger partial charge in [0.1, 0.15) is 4.60 Å². The van der Waals surface area contributed by atoms with Crippen LogP contribution in [0.4, 0.5) is 0 Å². The highest BCUT2D eigenvalue weighted by molar-refractivity contribution is 9.10. The maximum atomic E-state index is 4.41. The number of aromatic nitrogens is 2. The molecule has 1 aliphatic carbocycles. The minimum absolute atomic E-state index is 0.647. The lowest BCUT2D eigenvalue weighted by Crippen LogP contribution is -2.08. The average molecular weight is 243 g/mol. The van der Waals surface area contributed by atoms with E-state index in [1.54, 1.807) is 0 Å². The third kappa shape index (κ3) is 2.33. The first-order valence-electron chi connectivity index (χ1n) is 5.07. The summed E-state index contributed by atoms with van der Waals surface area (Å²) in [6, 6.07) is 2.67. The molecule has 0 unspecified atom stereocenters. The quantitative estimate of drug-likeness (QED) is 0.690. The highest BCUT2D eigenvalue weighted by atomic mass is 79.9. The van der Waals surface area contributed by atoms with Crippen LogP contribution in [0.25, 0.3) is 0 Å². The van der Waals surface area contributed by atoms with E-state index in [9.17, 15) is 0 Å². The Labute approximate surface area is 87.5 Å². The maximum absolute atomic E-state index is 4.41. The van der Waals surface area contributed by atoms with Crippen molar-refractivity contribution in [1.82, 2.24) is 9.78 Å². The first kappa shape index (κ1) is 9.25. The summed E-state index contributed by atoms with van der Waals surface area (Å²) in [5, 5.41) is 4.41. The lowest BCUT2D eigenvalue weighted by Gasteiger charge is -2.13. The van der Waals surface area contributed by atoms with Gasteiger partial charge in [-0.05, 0) is 34.8 Å². The van der Waals surface area contributed by atoms with Crippen molar-refractivity contribution in [3.05, 3.63) is 16.9 Å². The fourth-order valence-corrected chi connectivity index (χ4v) is 2.34. The molecule has 2 rings (SSSR count). The normalized spacial score (nSPS) is 20.1. The van der Waals surface area contributed by atoms with Gasteiger partial charge in [0.2, 0.25) is 0 Å². The second-order valence-corrected chi connectivity index (χ2v) is 4.58. The summed E-state index contributed by atoms with van der Waals surface area (Å²) < 4.78 is 3.08. The van der Waals surface area contributed by atoms with Crippen LogP contribution in [0.3, 0.4) is 0 Å². The van der Waals surface area contributed by atoms with E-state index < -0.39 is 0 Å². The van der Waals surface area contributed by atoms with Crippen molar-refractivity contribution in [3.8, 4) is 0 Å². The highest BCUT2D eigenvalue weighted by Crippen LogP contribution is 2.26. The summed E-state index contributed by atoms with van der Waals surface area (Å²) in [4.78, 5) is 0. The number of rotatable bonds is 1. The van der Waals surface area contributed by atoms with Crippen molar-refractivity contribution < 1.29 is 0 Å².